The molecule has 0 unspecified atom stereocenters. The van der Waals surface area contributed by atoms with E-state index in [1.54, 1.807) is 0 Å². The molecular weight excluding hydrogens is 284 g/mol. The van der Waals surface area contributed by atoms with E-state index in [9.17, 15) is 8.42 Å². The van der Waals surface area contributed by atoms with E-state index in [1.807, 2.05) is 60.7 Å². The van der Waals surface area contributed by atoms with Crippen LogP contribution >= 0.6 is 0 Å². The van der Waals surface area contributed by atoms with Crippen molar-refractivity contribution in [1.82, 2.24) is 5.32 Å². The second-order valence-corrected chi connectivity index (χ2v) is 6.28. The lowest BCUT2D eigenvalue weighted by atomic mass is 10.2. The Kier molecular flexibility index (Phi) is 3.50. The molecule has 0 fully saturated rings. The summed E-state index contributed by atoms with van der Waals surface area (Å²) in [5.74, 6) is 0.433. The number of sulfone groups is 1. The summed E-state index contributed by atoms with van der Waals surface area (Å²) in [5, 5.41) is 8.59. The number of hydrogen-bond donors (Lipinski definition) is 2. The van der Waals surface area contributed by atoms with Gasteiger partial charge in [-0.3, -0.25) is 0 Å². The number of para-hydroxylation sites is 1. The van der Waals surface area contributed by atoms with Gasteiger partial charge in [-0.2, -0.15) is 0 Å². The molecule has 0 amide bonds. The lowest BCUT2D eigenvalue weighted by Gasteiger charge is -2.19. The van der Waals surface area contributed by atoms with Gasteiger partial charge < -0.3 is 10.6 Å². The van der Waals surface area contributed by atoms with Crippen molar-refractivity contribution in [2.24, 2.45) is 0 Å². The smallest absolute Gasteiger partial charge is 0.198 e. The molecule has 0 radical (unpaired) electrons. The molecule has 0 saturated carbocycles. The highest BCUT2D eigenvalue weighted by Crippen LogP contribution is 2.21. The van der Waals surface area contributed by atoms with Crippen LogP contribution in [0, 0.1) is 0 Å². The largest absolute Gasteiger partial charge is 0.341 e. The fraction of sp³-hybridized carbons (Fsp3) is 0. The molecule has 1 aliphatic heterocycles. The fourth-order valence-electron chi connectivity index (χ4n) is 2.06. The second-order valence-electron chi connectivity index (χ2n) is 4.63. The van der Waals surface area contributed by atoms with E-state index in [-0.39, 0.29) is 0 Å². The molecular formula is C16H14N2O2S. The Balaban J connectivity index is 1.90. The molecule has 1 heterocycles. The van der Waals surface area contributed by atoms with Gasteiger partial charge in [0.05, 0.1) is 16.5 Å². The van der Waals surface area contributed by atoms with Crippen LogP contribution in [-0.2, 0) is 9.84 Å². The van der Waals surface area contributed by atoms with E-state index >= 15 is 0 Å². The predicted molar refractivity (Wildman–Crippen MR) is 84.6 cm³/mol. The van der Waals surface area contributed by atoms with Crippen LogP contribution in [0.5, 0.6) is 0 Å². The van der Waals surface area contributed by atoms with Gasteiger partial charge in [0.15, 0.2) is 9.84 Å². The predicted octanol–water partition coefficient (Wildman–Crippen LogP) is 2.91. The Morgan fingerprint density at radius 1 is 0.810 bits per heavy atom. The Hall–Kier alpha value is -2.53. The topological polar surface area (TPSA) is 58.2 Å². The van der Waals surface area contributed by atoms with Gasteiger partial charge in [0.25, 0.3) is 0 Å². The first-order chi connectivity index (χ1) is 10.1. The molecule has 0 spiro atoms. The maximum Gasteiger partial charge on any atom is 0.198 e. The highest BCUT2D eigenvalue weighted by molar-refractivity contribution is 7.97. The number of benzene rings is 2. The molecule has 2 N–H and O–H groups in total. The summed E-state index contributed by atoms with van der Waals surface area (Å²) in [7, 11) is -3.40. The van der Waals surface area contributed by atoms with Crippen molar-refractivity contribution in [2.45, 2.75) is 0 Å². The average Bonchev–Trinajstić information content (AvgIpc) is 2.47. The van der Waals surface area contributed by atoms with E-state index in [4.69, 9.17) is 0 Å². The van der Waals surface area contributed by atoms with E-state index in [0.717, 1.165) is 11.3 Å². The first-order valence-electron chi connectivity index (χ1n) is 6.45. The molecule has 2 aromatic carbocycles. The van der Waals surface area contributed by atoms with Crippen molar-refractivity contribution < 1.29 is 8.42 Å². The van der Waals surface area contributed by atoms with Crippen molar-refractivity contribution in [3.05, 3.63) is 82.9 Å². The number of hydrogen-bond acceptors (Lipinski definition) is 4. The lowest BCUT2D eigenvalue weighted by Crippen LogP contribution is -2.23. The monoisotopic (exact) mass is 298 g/mol. The molecule has 0 aromatic heterocycles. The second kappa shape index (κ2) is 5.46. The quantitative estimate of drug-likeness (QED) is 0.915. The summed E-state index contributed by atoms with van der Waals surface area (Å²) in [4.78, 5) is 0. The van der Waals surface area contributed by atoms with Crippen LogP contribution in [0.1, 0.15) is 5.56 Å². The molecule has 106 valence electrons. The Morgan fingerprint density at radius 2 is 1.43 bits per heavy atom. The minimum absolute atomic E-state index is 0.433. The SMILES string of the molecule is O=S1(=O)C=C(Nc2ccccc2)NC(c2ccccc2)=C1. The van der Waals surface area contributed by atoms with Crippen molar-refractivity contribution in [3.8, 4) is 0 Å². The summed E-state index contributed by atoms with van der Waals surface area (Å²) >= 11 is 0. The summed E-state index contributed by atoms with van der Waals surface area (Å²) < 4.78 is 24.0. The molecule has 21 heavy (non-hydrogen) atoms. The number of rotatable bonds is 3. The zero-order valence-electron chi connectivity index (χ0n) is 11.2. The molecule has 2 aromatic rings. The van der Waals surface area contributed by atoms with Gasteiger partial charge in [-0.1, -0.05) is 48.5 Å². The molecule has 4 nitrogen and oxygen atoms in total. The Bertz CT molecular complexity index is 795. The van der Waals surface area contributed by atoms with E-state index in [1.165, 1.54) is 10.8 Å². The van der Waals surface area contributed by atoms with Crippen LogP contribution in [0.15, 0.2) is 77.3 Å². The van der Waals surface area contributed by atoms with Crippen LogP contribution in [0.25, 0.3) is 5.70 Å². The Morgan fingerprint density at radius 3 is 2.10 bits per heavy atom. The average molecular weight is 298 g/mol. The van der Waals surface area contributed by atoms with Crippen LogP contribution in [-0.4, -0.2) is 8.42 Å². The summed E-state index contributed by atoms with van der Waals surface area (Å²) in [6.45, 7) is 0. The summed E-state index contributed by atoms with van der Waals surface area (Å²) in [6, 6.07) is 18.8. The lowest BCUT2D eigenvalue weighted by molar-refractivity contribution is 0.611. The van der Waals surface area contributed by atoms with Gasteiger partial charge in [0, 0.05) is 5.69 Å². The molecule has 5 heteroatoms. The van der Waals surface area contributed by atoms with E-state index in [2.05, 4.69) is 10.6 Å². The summed E-state index contributed by atoms with van der Waals surface area (Å²) in [5.41, 5.74) is 2.19. The van der Waals surface area contributed by atoms with Gasteiger partial charge >= 0.3 is 0 Å². The summed E-state index contributed by atoms with van der Waals surface area (Å²) in [6.07, 6.45) is 0. The first kappa shape index (κ1) is 13.5. The van der Waals surface area contributed by atoms with Gasteiger partial charge in [0.1, 0.15) is 5.82 Å². The first-order valence-corrected chi connectivity index (χ1v) is 8.06. The van der Waals surface area contributed by atoms with Crippen molar-refractivity contribution in [3.63, 3.8) is 0 Å². The maximum absolute atomic E-state index is 12.0. The standard InChI is InChI=1S/C16H14N2O2S/c19-21(20)11-15(13-7-3-1-4-8-13)18-16(12-21)17-14-9-5-2-6-10-14/h1-12,17-18H. The zero-order chi connectivity index (χ0) is 14.7. The normalized spacial score (nSPS) is 16.4. The highest BCUT2D eigenvalue weighted by Gasteiger charge is 2.17. The fourth-order valence-corrected chi connectivity index (χ4v) is 3.10. The van der Waals surface area contributed by atoms with Gasteiger partial charge in [-0.15, -0.1) is 0 Å². The van der Waals surface area contributed by atoms with Crippen molar-refractivity contribution in [1.29, 1.82) is 0 Å². The van der Waals surface area contributed by atoms with E-state index < -0.39 is 9.84 Å². The molecule has 0 aliphatic carbocycles. The third kappa shape index (κ3) is 3.32. The minimum Gasteiger partial charge on any atom is -0.341 e. The van der Waals surface area contributed by atoms with Gasteiger partial charge in [-0.25, -0.2) is 8.42 Å². The maximum atomic E-state index is 12.0. The third-order valence-corrected chi connectivity index (χ3v) is 4.10. The van der Waals surface area contributed by atoms with Crippen LogP contribution in [0.4, 0.5) is 5.69 Å². The van der Waals surface area contributed by atoms with Gasteiger partial charge in [-0.05, 0) is 17.7 Å². The number of nitrogens with one attached hydrogen (secondary N) is 2. The highest BCUT2D eigenvalue weighted by atomic mass is 32.2. The third-order valence-electron chi connectivity index (χ3n) is 2.97. The Labute approximate surface area is 123 Å². The van der Waals surface area contributed by atoms with Crippen LogP contribution in [0.3, 0.4) is 0 Å². The molecule has 0 atom stereocenters. The van der Waals surface area contributed by atoms with Crippen LogP contribution in [0.2, 0.25) is 0 Å². The number of anilines is 1. The molecule has 1 aliphatic rings. The molecule has 0 bridgehead atoms. The van der Waals surface area contributed by atoms with Crippen molar-refractivity contribution >= 4 is 21.2 Å². The molecule has 3 rings (SSSR count). The van der Waals surface area contributed by atoms with Gasteiger partial charge in [0.2, 0.25) is 0 Å². The zero-order valence-corrected chi connectivity index (χ0v) is 12.0. The molecule has 0 saturated heterocycles. The van der Waals surface area contributed by atoms with E-state index in [0.29, 0.717) is 11.5 Å². The minimum atomic E-state index is -3.40. The van der Waals surface area contributed by atoms with Crippen molar-refractivity contribution in [2.75, 3.05) is 5.32 Å². The van der Waals surface area contributed by atoms with Crippen LogP contribution < -0.4 is 10.6 Å².